The van der Waals surface area contributed by atoms with Gasteiger partial charge in [0.2, 0.25) is 0 Å². The molecule has 0 saturated carbocycles. The molecule has 4 N–H and O–H groups in total. The summed E-state index contributed by atoms with van der Waals surface area (Å²) in [7, 11) is 0. The number of rotatable bonds is 6. The van der Waals surface area contributed by atoms with Gasteiger partial charge in [0, 0.05) is 12.7 Å². The Kier molecular flexibility index (Phi) is 5.87. The Hall–Kier alpha value is -2.02. The molecule has 0 saturated heterocycles. The molecule has 1 aromatic heterocycles. The van der Waals surface area contributed by atoms with Crippen LogP contribution in [-0.4, -0.2) is 36.7 Å². The summed E-state index contributed by atoms with van der Waals surface area (Å²) < 4.78 is 4.49. The second kappa shape index (κ2) is 7.42. The van der Waals surface area contributed by atoms with Crippen molar-refractivity contribution in [2.75, 3.05) is 25.0 Å². The van der Waals surface area contributed by atoms with E-state index in [0.717, 1.165) is 0 Å². The maximum Gasteiger partial charge on any atom is 0.404 e. The van der Waals surface area contributed by atoms with Gasteiger partial charge in [-0.3, -0.25) is 4.79 Å². The SMILES string of the molecule is CCNc1cc(C(=O)NCCOC(N)=O)c(Cl)cn1. The minimum absolute atomic E-state index is 0.00381. The molecule has 0 fully saturated rings. The molecule has 0 aliphatic heterocycles. The van der Waals surface area contributed by atoms with E-state index < -0.39 is 6.09 Å². The van der Waals surface area contributed by atoms with Crippen molar-refractivity contribution >= 4 is 29.4 Å². The fourth-order valence-electron chi connectivity index (χ4n) is 1.30. The van der Waals surface area contributed by atoms with Gasteiger partial charge >= 0.3 is 6.09 Å². The summed E-state index contributed by atoms with van der Waals surface area (Å²) in [6.07, 6.45) is 0.514. The number of halogens is 1. The molecular weight excluding hydrogens is 272 g/mol. The molecule has 1 heterocycles. The van der Waals surface area contributed by atoms with Crippen LogP contribution in [0.1, 0.15) is 17.3 Å². The molecule has 104 valence electrons. The standard InChI is InChI=1S/C11H15ClN4O3/c1-2-14-9-5-7(8(12)6-16-9)10(17)15-3-4-19-11(13)18/h5-6H,2-4H2,1H3,(H2,13,18)(H,14,16)(H,15,17). The summed E-state index contributed by atoms with van der Waals surface area (Å²) in [5.74, 6) is 0.185. The number of anilines is 1. The van der Waals surface area contributed by atoms with Crippen molar-refractivity contribution in [3.63, 3.8) is 0 Å². The molecule has 2 amide bonds. The first-order chi connectivity index (χ1) is 9.04. The van der Waals surface area contributed by atoms with Crippen molar-refractivity contribution < 1.29 is 14.3 Å². The summed E-state index contributed by atoms with van der Waals surface area (Å²) in [5, 5.41) is 5.77. The second-order valence-corrected chi connectivity index (χ2v) is 3.91. The molecule has 19 heavy (non-hydrogen) atoms. The molecule has 0 radical (unpaired) electrons. The van der Waals surface area contributed by atoms with E-state index in [0.29, 0.717) is 17.9 Å². The van der Waals surface area contributed by atoms with E-state index in [-0.39, 0.29) is 24.1 Å². The zero-order chi connectivity index (χ0) is 14.3. The summed E-state index contributed by atoms with van der Waals surface area (Å²) >= 11 is 5.90. The molecule has 0 aliphatic rings. The molecule has 1 aromatic rings. The van der Waals surface area contributed by atoms with Crippen LogP contribution in [-0.2, 0) is 4.74 Å². The third kappa shape index (κ3) is 5.01. The van der Waals surface area contributed by atoms with E-state index in [1.54, 1.807) is 6.07 Å². The quantitative estimate of drug-likeness (QED) is 0.676. The Bertz CT molecular complexity index is 467. The number of amides is 2. The largest absolute Gasteiger partial charge is 0.448 e. The molecule has 1 rings (SSSR count). The van der Waals surface area contributed by atoms with Gasteiger partial charge in [0.25, 0.3) is 5.91 Å². The first kappa shape index (κ1) is 15.0. The monoisotopic (exact) mass is 286 g/mol. The molecule has 0 bridgehead atoms. The lowest BCUT2D eigenvalue weighted by atomic mass is 10.2. The van der Waals surface area contributed by atoms with Crippen LogP contribution in [0.3, 0.4) is 0 Å². The van der Waals surface area contributed by atoms with Crippen LogP contribution < -0.4 is 16.4 Å². The lowest BCUT2D eigenvalue weighted by molar-refractivity contribution is 0.0937. The number of ether oxygens (including phenoxy) is 1. The summed E-state index contributed by atoms with van der Waals surface area (Å²) in [6, 6.07) is 1.55. The van der Waals surface area contributed by atoms with Crippen LogP contribution >= 0.6 is 11.6 Å². The molecule has 0 unspecified atom stereocenters. The Morgan fingerprint density at radius 1 is 1.53 bits per heavy atom. The zero-order valence-corrected chi connectivity index (χ0v) is 11.2. The smallest absolute Gasteiger partial charge is 0.404 e. The third-order valence-electron chi connectivity index (χ3n) is 2.09. The number of nitrogens with zero attached hydrogens (tertiary/aromatic N) is 1. The van der Waals surface area contributed by atoms with Crippen LogP contribution in [0.5, 0.6) is 0 Å². The maximum atomic E-state index is 11.8. The van der Waals surface area contributed by atoms with Gasteiger partial charge in [-0.05, 0) is 13.0 Å². The fraction of sp³-hybridized carbons (Fsp3) is 0.364. The van der Waals surface area contributed by atoms with Gasteiger partial charge in [0.15, 0.2) is 0 Å². The van der Waals surface area contributed by atoms with Crippen molar-refractivity contribution in [3.8, 4) is 0 Å². The van der Waals surface area contributed by atoms with Gasteiger partial charge < -0.3 is 21.1 Å². The number of hydrogen-bond donors (Lipinski definition) is 3. The van der Waals surface area contributed by atoms with E-state index in [4.69, 9.17) is 17.3 Å². The minimum atomic E-state index is -0.884. The van der Waals surface area contributed by atoms with E-state index >= 15 is 0 Å². The van der Waals surface area contributed by atoms with Gasteiger partial charge in [-0.1, -0.05) is 11.6 Å². The number of primary amides is 1. The Labute approximate surface area is 115 Å². The maximum absolute atomic E-state index is 11.8. The van der Waals surface area contributed by atoms with Crippen molar-refractivity contribution in [3.05, 3.63) is 22.8 Å². The molecule has 0 aromatic carbocycles. The lowest BCUT2D eigenvalue weighted by Crippen LogP contribution is -2.29. The Morgan fingerprint density at radius 3 is 2.89 bits per heavy atom. The molecule has 8 heteroatoms. The third-order valence-corrected chi connectivity index (χ3v) is 2.39. The average molecular weight is 287 g/mol. The highest BCUT2D eigenvalue weighted by molar-refractivity contribution is 6.33. The van der Waals surface area contributed by atoms with Gasteiger partial charge in [0.05, 0.1) is 17.1 Å². The van der Waals surface area contributed by atoms with E-state index in [1.807, 2.05) is 6.92 Å². The number of aromatic nitrogens is 1. The number of carbonyl (C=O) groups is 2. The number of carbonyl (C=O) groups excluding carboxylic acids is 2. The first-order valence-corrected chi connectivity index (χ1v) is 6.02. The van der Waals surface area contributed by atoms with E-state index in [9.17, 15) is 9.59 Å². The van der Waals surface area contributed by atoms with Crippen molar-refractivity contribution in [2.24, 2.45) is 5.73 Å². The molecule has 0 aliphatic carbocycles. The topological polar surface area (TPSA) is 106 Å². The van der Waals surface area contributed by atoms with Crippen molar-refractivity contribution in [2.45, 2.75) is 6.92 Å². The Balaban J connectivity index is 2.60. The normalized spacial score (nSPS) is 9.79. The van der Waals surface area contributed by atoms with Crippen LogP contribution in [0.15, 0.2) is 12.3 Å². The van der Waals surface area contributed by atoms with E-state index in [2.05, 4.69) is 20.4 Å². The van der Waals surface area contributed by atoms with Crippen LogP contribution in [0.25, 0.3) is 0 Å². The predicted molar refractivity (Wildman–Crippen MR) is 71.3 cm³/mol. The van der Waals surface area contributed by atoms with Crippen molar-refractivity contribution in [1.29, 1.82) is 0 Å². The summed E-state index contributed by atoms with van der Waals surface area (Å²) in [4.78, 5) is 26.2. The number of nitrogens with one attached hydrogen (secondary N) is 2. The van der Waals surface area contributed by atoms with Crippen LogP contribution in [0.4, 0.5) is 10.6 Å². The number of hydrogen-bond acceptors (Lipinski definition) is 5. The highest BCUT2D eigenvalue weighted by atomic mass is 35.5. The fourth-order valence-corrected chi connectivity index (χ4v) is 1.49. The molecule has 0 atom stereocenters. The van der Waals surface area contributed by atoms with E-state index in [1.165, 1.54) is 6.20 Å². The first-order valence-electron chi connectivity index (χ1n) is 5.64. The highest BCUT2D eigenvalue weighted by Gasteiger charge is 2.11. The highest BCUT2D eigenvalue weighted by Crippen LogP contribution is 2.17. The number of pyridine rings is 1. The van der Waals surface area contributed by atoms with Crippen molar-refractivity contribution in [1.82, 2.24) is 10.3 Å². The zero-order valence-electron chi connectivity index (χ0n) is 10.4. The molecule has 0 spiro atoms. The number of nitrogens with two attached hydrogens (primary N) is 1. The van der Waals surface area contributed by atoms with Gasteiger partial charge in [0.1, 0.15) is 12.4 Å². The van der Waals surface area contributed by atoms with Gasteiger partial charge in [-0.2, -0.15) is 0 Å². The van der Waals surface area contributed by atoms with Gasteiger partial charge in [-0.15, -0.1) is 0 Å². The second-order valence-electron chi connectivity index (χ2n) is 3.50. The minimum Gasteiger partial charge on any atom is -0.448 e. The molecular formula is C11H15ClN4O3. The Morgan fingerprint density at radius 2 is 2.26 bits per heavy atom. The molecule has 7 nitrogen and oxygen atoms in total. The van der Waals surface area contributed by atoms with Gasteiger partial charge in [-0.25, -0.2) is 9.78 Å². The predicted octanol–water partition coefficient (Wildman–Crippen LogP) is 0.992. The van der Waals surface area contributed by atoms with Crippen LogP contribution in [0, 0.1) is 0 Å². The summed E-state index contributed by atoms with van der Waals surface area (Å²) in [5.41, 5.74) is 5.08. The summed E-state index contributed by atoms with van der Waals surface area (Å²) in [6.45, 7) is 2.75. The average Bonchev–Trinajstić information content (AvgIpc) is 2.36. The lowest BCUT2D eigenvalue weighted by Gasteiger charge is -2.08. The van der Waals surface area contributed by atoms with Crippen LogP contribution in [0.2, 0.25) is 5.02 Å².